The van der Waals surface area contributed by atoms with Crippen molar-refractivity contribution in [3.8, 4) is 17.3 Å². The van der Waals surface area contributed by atoms with Gasteiger partial charge in [-0.3, -0.25) is 19.5 Å². The Hall–Kier alpha value is -4.20. The van der Waals surface area contributed by atoms with Crippen molar-refractivity contribution < 1.29 is 14.1 Å². The molecule has 0 N–H and O–H groups in total. The highest BCUT2D eigenvalue weighted by molar-refractivity contribution is 7.98. The van der Waals surface area contributed by atoms with Gasteiger partial charge >= 0.3 is 0 Å². The molecule has 11 nitrogen and oxygen atoms in total. The summed E-state index contributed by atoms with van der Waals surface area (Å²) in [6.07, 6.45) is 1.58. The van der Waals surface area contributed by atoms with Crippen LogP contribution in [0.5, 0.6) is 0 Å². The van der Waals surface area contributed by atoms with Crippen molar-refractivity contribution in [3.05, 3.63) is 98.1 Å². The molecule has 0 saturated carbocycles. The van der Waals surface area contributed by atoms with Crippen molar-refractivity contribution >= 4 is 52.0 Å². The summed E-state index contributed by atoms with van der Waals surface area (Å²) in [5.74, 6) is 1.49. The summed E-state index contributed by atoms with van der Waals surface area (Å²) >= 11 is 9.39. The number of halogens is 1. The average molecular weight is 608 g/mol. The highest BCUT2D eigenvalue weighted by Crippen LogP contribution is 2.33. The Labute approximate surface area is 247 Å². The van der Waals surface area contributed by atoms with E-state index in [4.69, 9.17) is 16.0 Å². The molecule has 1 amide bonds. The van der Waals surface area contributed by atoms with Crippen LogP contribution in [0.15, 0.2) is 81.9 Å². The second-order valence-electron chi connectivity index (χ2n) is 9.04. The monoisotopic (exact) mass is 607 g/mol. The lowest BCUT2D eigenvalue weighted by atomic mass is 10.2. The van der Waals surface area contributed by atoms with Gasteiger partial charge in [-0.25, -0.2) is 4.98 Å². The minimum absolute atomic E-state index is 0.0575. The molecular weight excluding hydrogens is 586 g/mol. The second kappa shape index (κ2) is 11.7. The molecule has 14 heteroatoms. The number of anilines is 1. The summed E-state index contributed by atoms with van der Waals surface area (Å²) in [4.78, 5) is 32.2. The number of para-hydroxylation sites is 1. The first kappa shape index (κ1) is 27.0. The smallest absolute Gasteiger partial charge is 0.273 e. The maximum atomic E-state index is 13.2. The van der Waals surface area contributed by atoms with E-state index in [0.29, 0.717) is 59.4 Å². The number of aromatic nitrogens is 4. The second-order valence-corrected chi connectivity index (χ2v) is 11.3. The number of amides is 1. The zero-order chi connectivity index (χ0) is 28.3. The number of non-ortho nitro benzene ring substituents is 1. The zero-order valence-electron chi connectivity index (χ0n) is 21.4. The molecule has 0 spiro atoms. The van der Waals surface area contributed by atoms with Crippen LogP contribution in [0.25, 0.3) is 17.3 Å². The number of thiazole rings is 1. The predicted octanol–water partition coefficient (Wildman–Crippen LogP) is 5.80. The normalized spacial score (nSPS) is 13.5. The maximum absolute atomic E-state index is 13.2. The van der Waals surface area contributed by atoms with Crippen molar-refractivity contribution in [3.63, 3.8) is 0 Å². The standard InChI is InChI=1S/C27H22ClN7O4S2/c28-20-4-1-2-5-22(20)34-25(23-6-3-15-39-23)30-31-27(34)41-17-24-29-21(16-40-24)26(36)33-13-11-32(12-14-33)18-7-9-19(10-8-18)35(37)38/h1-10,15-16H,11-14,17H2. The third-order valence-electron chi connectivity index (χ3n) is 6.56. The fourth-order valence-corrected chi connectivity index (χ4v) is 6.45. The van der Waals surface area contributed by atoms with Crippen LogP contribution in [0, 0.1) is 10.1 Å². The fourth-order valence-electron chi connectivity index (χ4n) is 4.50. The number of hydrogen-bond acceptors (Lipinski definition) is 10. The lowest BCUT2D eigenvalue weighted by Gasteiger charge is -2.35. The lowest BCUT2D eigenvalue weighted by Crippen LogP contribution is -2.48. The van der Waals surface area contributed by atoms with E-state index in [0.717, 1.165) is 16.4 Å². The van der Waals surface area contributed by atoms with Crippen LogP contribution in [0.4, 0.5) is 11.4 Å². The molecule has 0 unspecified atom stereocenters. The molecule has 2 aromatic carbocycles. The van der Waals surface area contributed by atoms with E-state index in [1.807, 2.05) is 34.9 Å². The van der Waals surface area contributed by atoms with Gasteiger partial charge in [0.2, 0.25) is 5.82 Å². The molecule has 0 atom stereocenters. The lowest BCUT2D eigenvalue weighted by molar-refractivity contribution is -0.384. The maximum Gasteiger partial charge on any atom is 0.273 e. The highest BCUT2D eigenvalue weighted by Gasteiger charge is 2.25. The fraction of sp³-hybridized carbons (Fsp3) is 0.185. The van der Waals surface area contributed by atoms with Crippen LogP contribution in [-0.2, 0) is 5.75 Å². The topological polar surface area (TPSA) is 123 Å². The van der Waals surface area contributed by atoms with Crippen LogP contribution in [0.3, 0.4) is 0 Å². The molecule has 1 aliphatic heterocycles. The molecule has 3 aromatic heterocycles. The summed E-state index contributed by atoms with van der Waals surface area (Å²) in [6, 6.07) is 17.5. The molecule has 1 aliphatic rings. The van der Waals surface area contributed by atoms with Gasteiger partial charge in [-0.2, -0.15) is 0 Å². The van der Waals surface area contributed by atoms with Gasteiger partial charge in [0, 0.05) is 49.4 Å². The molecule has 5 aromatic rings. The Balaban J connectivity index is 1.11. The van der Waals surface area contributed by atoms with Crippen molar-refractivity contribution in [2.45, 2.75) is 10.9 Å². The average Bonchev–Trinajstić information content (AvgIpc) is 3.77. The molecular formula is C27H22ClN7O4S2. The number of carbonyl (C=O) groups is 1. The summed E-state index contributed by atoms with van der Waals surface area (Å²) in [5, 5.41) is 23.4. The summed E-state index contributed by atoms with van der Waals surface area (Å²) in [6.45, 7) is 2.33. The number of benzene rings is 2. The van der Waals surface area contributed by atoms with E-state index in [1.54, 1.807) is 34.7 Å². The Morgan fingerprint density at radius 1 is 1.05 bits per heavy atom. The van der Waals surface area contributed by atoms with Gasteiger partial charge in [-0.05, 0) is 36.4 Å². The number of rotatable bonds is 8. The quantitative estimate of drug-likeness (QED) is 0.122. The van der Waals surface area contributed by atoms with Crippen LogP contribution >= 0.6 is 34.7 Å². The Morgan fingerprint density at radius 3 is 2.54 bits per heavy atom. The van der Waals surface area contributed by atoms with Crippen LogP contribution < -0.4 is 4.90 Å². The van der Waals surface area contributed by atoms with Crippen LogP contribution in [0.1, 0.15) is 15.5 Å². The number of nitro benzene ring substituents is 1. The van der Waals surface area contributed by atoms with Crippen molar-refractivity contribution in [1.29, 1.82) is 0 Å². The van der Waals surface area contributed by atoms with Crippen LogP contribution in [-0.4, -0.2) is 61.7 Å². The number of nitro groups is 1. The first-order chi connectivity index (χ1) is 20.0. The van der Waals surface area contributed by atoms with E-state index in [2.05, 4.69) is 20.1 Å². The number of carbonyl (C=O) groups excluding carboxylic acids is 1. The van der Waals surface area contributed by atoms with Gasteiger partial charge in [0.15, 0.2) is 10.9 Å². The van der Waals surface area contributed by atoms with E-state index in [1.165, 1.54) is 35.2 Å². The number of hydrogen-bond donors (Lipinski definition) is 0. The predicted molar refractivity (Wildman–Crippen MR) is 157 cm³/mol. The van der Waals surface area contributed by atoms with Gasteiger partial charge in [0.05, 0.1) is 27.6 Å². The minimum Gasteiger partial charge on any atom is -0.461 e. The van der Waals surface area contributed by atoms with Crippen LogP contribution in [0.2, 0.25) is 5.02 Å². The molecule has 1 fully saturated rings. The molecule has 6 rings (SSSR count). The molecule has 208 valence electrons. The number of nitrogens with zero attached hydrogens (tertiary/aromatic N) is 7. The molecule has 0 radical (unpaired) electrons. The van der Waals surface area contributed by atoms with Gasteiger partial charge < -0.3 is 14.2 Å². The Kier molecular flexibility index (Phi) is 7.72. The van der Waals surface area contributed by atoms with E-state index >= 15 is 0 Å². The van der Waals surface area contributed by atoms with Gasteiger partial charge in [-0.1, -0.05) is 35.5 Å². The van der Waals surface area contributed by atoms with Crippen molar-refractivity contribution in [1.82, 2.24) is 24.6 Å². The van der Waals surface area contributed by atoms with Crippen molar-refractivity contribution in [2.24, 2.45) is 0 Å². The summed E-state index contributed by atoms with van der Waals surface area (Å²) < 4.78 is 7.43. The molecule has 1 saturated heterocycles. The summed E-state index contributed by atoms with van der Waals surface area (Å²) in [5.41, 5.74) is 2.10. The molecule has 0 aliphatic carbocycles. The third-order valence-corrected chi connectivity index (χ3v) is 8.85. The number of furan rings is 1. The largest absolute Gasteiger partial charge is 0.461 e. The SMILES string of the molecule is O=C(c1csc(CSc2nnc(-c3ccco3)n2-c2ccccc2Cl)n1)N1CCN(c2ccc([N+](=O)[O-])cc2)CC1. The number of piperazine rings is 1. The Morgan fingerprint density at radius 2 is 1.83 bits per heavy atom. The number of thioether (sulfide) groups is 1. The Bertz CT molecular complexity index is 1680. The van der Waals surface area contributed by atoms with Gasteiger partial charge in [0.1, 0.15) is 10.7 Å². The first-order valence-corrected chi connectivity index (χ1v) is 14.8. The minimum atomic E-state index is -0.414. The highest BCUT2D eigenvalue weighted by atomic mass is 35.5. The first-order valence-electron chi connectivity index (χ1n) is 12.6. The van der Waals surface area contributed by atoms with E-state index in [9.17, 15) is 14.9 Å². The van der Waals surface area contributed by atoms with Crippen molar-refractivity contribution in [2.75, 3.05) is 31.1 Å². The molecule has 0 bridgehead atoms. The van der Waals surface area contributed by atoms with Gasteiger partial charge in [0.25, 0.3) is 11.6 Å². The van der Waals surface area contributed by atoms with E-state index < -0.39 is 4.92 Å². The summed E-state index contributed by atoms with van der Waals surface area (Å²) in [7, 11) is 0. The van der Waals surface area contributed by atoms with Gasteiger partial charge in [-0.15, -0.1) is 21.5 Å². The zero-order valence-corrected chi connectivity index (χ0v) is 23.8. The van der Waals surface area contributed by atoms with E-state index in [-0.39, 0.29) is 11.6 Å². The third kappa shape index (κ3) is 5.69. The molecule has 4 heterocycles. The molecule has 41 heavy (non-hydrogen) atoms.